The maximum atomic E-state index is 13.6. The number of methoxy groups -OCH3 is 2. The topological polar surface area (TPSA) is 80.7 Å². The number of halogens is 2. The number of anilines is 1. The van der Waals surface area contributed by atoms with E-state index in [4.69, 9.17) is 9.47 Å². The summed E-state index contributed by atoms with van der Waals surface area (Å²) >= 11 is 0. The first kappa shape index (κ1) is 26.9. The Morgan fingerprint density at radius 1 is 1.08 bits per heavy atom. The number of amides is 2. The Hall–Kier alpha value is -3.66. The van der Waals surface area contributed by atoms with Crippen LogP contribution < -0.4 is 20.1 Å². The Morgan fingerprint density at radius 2 is 1.87 bits per heavy atom. The SMILES string of the molecule is COc1ccc([C@@]23CC[C@@H](NC(=O)Nc4ccc(F)c(F)c4)C[C@@H]2N(Cc2cc(C)nn2C)CC3)cc1OC. The molecule has 2 N–H and O–H groups in total. The first-order valence-corrected chi connectivity index (χ1v) is 13.2. The molecule has 8 nitrogen and oxygen atoms in total. The lowest BCUT2D eigenvalue weighted by molar-refractivity contribution is 0.129. The first-order chi connectivity index (χ1) is 18.7. The van der Waals surface area contributed by atoms with Gasteiger partial charge in [-0.1, -0.05) is 6.07 Å². The monoisotopic (exact) mass is 539 g/mol. The number of rotatable bonds is 7. The van der Waals surface area contributed by atoms with Gasteiger partial charge in [-0.05, 0) is 75.0 Å². The summed E-state index contributed by atoms with van der Waals surface area (Å²) in [6.45, 7) is 3.66. The van der Waals surface area contributed by atoms with Crippen molar-refractivity contribution in [1.29, 1.82) is 0 Å². The number of nitrogens with zero attached hydrogens (tertiary/aromatic N) is 3. The molecule has 0 spiro atoms. The maximum absolute atomic E-state index is 13.6. The van der Waals surface area contributed by atoms with Gasteiger partial charge in [0.15, 0.2) is 23.1 Å². The molecule has 3 aromatic rings. The van der Waals surface area contributed by atoms with Gasteiger partial charge in [-0.15, -0.1) is 0 Å². The highest BCUT2D eigenvalue weighted by Crippen LogP contribution is 2.50. The Kier molecular flexibility index (Phi) is 7.48. The van der Waals surface area contributed by atoms with E-state index in [0.717, 1.165) is 62.3 Å². The van der Waals surface area contributed by atoms with Crippen LogP contribution in [0.4, 0.5) is 19.3 Å². The van der Waals surface area contributed by atoms with Gasteiger partial charge < -0.3 is 20.1 Å². The van der Waals surface area contributed by atoms with Gasteiger partial charge in [-0.2, -0.15) is 5.10 Å². The van der Waals surface area contributed by atoms with E-state index in [1.54, 1.807) is 14.2 Å². The number of carbonyl (C=O) groups is 1. The van der Waals surface area contributed by atoms with Crippen LogP contribution >= 0.6 is 0 Å². The summed E-state index contributed by atoms with van der Waals surface area (Å²) in [6, 6.07) is 11.3. The number of aryl methyl sites for hydroxylation is 2. The molecular weight excluding hydrogens is 504 g/mol. The molecule has 0 bridgehead atoms. The zero-order chi connectivity index (χ0) is 27.7. The van der Waals surface area contributed by atoms with Crippen molar-refractivity contribution in [3.63, 3.8) is 0 Å². The van der Waals surface area contributed by atoms with Crippen LogP contribution in [0.1, 0.15) is 42.6 Å². The summed E-state index contributed by atoms with van der Waals surface area (Å²) in [5, 5.41) is 10.2. The molecule has 39 heavy (non-hydrogen) atoms. The van der Waals surface area contributed by atoms with E-state index in [0.29, 0.717) is 11.5 Å². The second-order valence-electron chi connectivity index (χ2n) is 10.6. The Balaban J connectivity index is 1.39. The normalized spacial score (nSPS) is 22.8. The second-order valence-corrected chi connectivity index (χ2v) is 10.6. The summed E-state index contributed by atoms with van der Waals surface area (Å²) < 4.78 is 40.0. The smallest absolute Gasteiger partial charge is 0.319 e. The van der Waals surface area contributed by atoms with E-state index in [1.165, 1.54) is 11.6 Å². The zero-order valence-electron chi connectivity index (χ0n) is 22.8. The lowest BCUT2D eigenvalue weighted by atomic mass is 9.65. The molecule has 2 heterocycles. The quantitative estimate of drug-likeness (QED) is 0.446. The molecule has 2 aliphatic rings. The highest BCUT2D eigenvalue weighted by atomic mass is 19.2. The number of nitrogens with one attached hydrogen (secondary N) is 2. The van der Waals surface area contributed by atoms with Crippen LogP contribution in [-0.4, -0.2) is 53.6 Å². The summed E-state index contributed by atoms with van der Waals surface area (Å²) in [5.41, 5.74) is 3.42. The fourth-order valence-electron chi connectivity index (χ4n) is 6.39. The minimum atomic E-state index is -1.00. The van der Waals surface area contributed by atoms with Gasteiger partial charge in [-0.3, -0.25) is 9.58 Å². The molecule has 10 heteroatoms. The van der Waals surface area contributed by atoms with Crippen LogP contribution in [0.25, 0.3) is 0 Å². The predicted octanol–water partition coefficient (Wildman–Crippen LogP) is 4.91. The van der Waals surface area contributed by atoms with Crippen molar-refractivity contribution in [2.45, 2.75) is 56.7 Å². The van der Waals surface area contributed by atoms with Crippen molar-refractivity contribution in [1.82, 2.24) is 20.0 Å². The van der Waals surface area contributed by atoms with Gasteiger partial charge in [0, 0.05) is 42.8 Å². The molecule has 1 saturated heterocycles. The van der Waals surface area contributed by atoms with Crippen molar-refractivity contribution in [2.24, 2.45) is 7.05 Å². The fraction of sp³-hybridized carbons (Fsp3) is 0.448. The number of fused-ring (bicyclic) bond motifs is 1. The molecule has 0 unspecified atom stereocenters. The van der Waals surface area contributed by atoms with E-state index >= 15 is 0 Å². The summed E-state index contributed by atoms with van der Waals surface area (Å²) in [4.78, 5) is 15.3. The third-order valence-electron chi connectivity index (χ3n) is 8.31. The van der Waals surface area contributed by atoms with Crippen molar-refractivity contribution >= 4 is 11.7 Å². The van der Waals surface area contributed by atoms with Gasteiger partial charge >= 0.3 is 6.03 Å². The molecule has 1 saturated carbocycles. The second kappa shape index (κ2) is 10.8. The third kappa shape index (κ3) is 5.30. The number of hydrogen-bond donors (Lipinski definition) is 2. The highest BCUT2D eigenvalue weighted by molar-refractivity contribution is 5.89. The molecule has 2 aromatic carbocycles. The molecule has 208 valence electrons. The zero-order valence-corrected chi connectivity index (χ0v) is 22.8. The number of aromatic nitrogens is 2. The van der Waals surface area contributed by atoms with Crippen molar-refractivity contribution in [2.75, 3.05) is 26.1 Å². The number of benzene rings is 2. The average molecular weight is 540 g/mol. The molecule has 2 amide bonds. The van der Waals surface area contributed by atoms with Crippen LogP contribution in [0.3, 0.4) is 0 Å². The van der Waals surface area contributed by atoms with Crippen LogP contribution in [0.5, 0.6) is 11.5 Å². The molecule has 1 aliphatic carbocycles. The lowest BCUT2D eigenvalue weighted by Gasteiger charge is -2.45. The van der Waals surface area contributed by atoms with E-state index < -0.39 is 17.7 Å². The Morgan fingerprint density at radius 3 is 2.56 bits per heavy atom. The minimum Gasteiger partial charge on any atom is -0.493 e. The maximum Gasteiger partial charge on any atom is 0.319 e. The number of urea groups is 1. The molecule has 3 atom stereocenters. The number of likely N-dealkylation sites (tertiary alicyclic amines) is 1. The van der Waals surface area contributed by atoms with E-state index in [2.05, 4.69) is 38.8 Å². The van der Waals surface area contributed by atoms with Gasteiger partial charge in [0.2, 0.25) is 0 Å². The van der Waals surface area contributed by atoms with Gasteiger partial charge in [0.05, 0.1) is 25.6 Å². The van der Waals surface area contributed by atoms with E-state index in [-0.39, 0.29) is 23.2 Å². The lowest BCUT2D eigenvalue weighted by Crippen LogP contribution is -2.52. The highest BCUT2D eigenvalue weighted by Gasteiger charge is 2.52. The average Bonchev–Trinajstić information content (AvgIpc) is 3.44. The molecule has 1 aromatic heterocycles. The van der Waals surface area contributed by atoms with E-state index in [9.17, 15) is 13.6 Å². The molecule has 2 fully saturated rings. The number of ether oxygens (including phenoxy) is 2. The van der Waals surface area contributed by atoms with Gasteiger partial charge in [-0.25, -0.2) is 13.6 Å². The Labute approximate surface area is 227 Å². The molecular formula is C29H35F2N5O3. The summed E-state index contributed by atoms with van der Waals surface area (Å²) in [6.07, 6.45) is 3.40. The summed E-state index contributed by atoms with van der Waals surface area (Å²) in [5.74, 6) is -0.560. The standard InChI is InChI=1S/C29H35F2N5O3/c1-18-13-22(35(2)34-18)17-36-12-11-29(19-5-8-25(38-3)26(14-19)39-4)10-9-21(16-27(29)36)33-28(37)32-20-6-7-23(30)24(31)15-20/h5-8,13-15,21,27H,9-12,16-17H2,1-4H3,(H2,32,33,37)/t21-,27+,29+/m1/s1. The van der Waals surface area contributed by atoms with Crippen LogP contribution in [0.2, 0.25) is 0 Å². The van der Waals surface area contributed by atoms with Crippen LogP contribution in [-0.2, 0) is 19.0 Å². The number of hydrogen-bond acceptors (Lipinski definition) is 5. The van der Waals surface area contributed by atoms with Crippen molar-refractivity contribution in [3.05, 3.63) is 71.1 Å². The minimum absolute atomic E-state index is 0.0811. The van der Waals surface area contributed by atoms with Gasteiger partial charge in [0.1, 0.15) is 0 Å². The number of carbonyl (C=O) groups excluding carboxylic acids is 1. The predicted molar refractivity (Wildman–Crippen MR) is 144 cm³/mol. The first-order valence-electron chi connectivity index (χ1n) is 13.2. The third-order valence-corrected chi connectivity index (χ3v) is 8.31. The molecule has 0 radical (unpaired) electrons. The van der Waals surface area contributed by atoms with E-state index in [1.807, 2.05) is 24.7 Å². The largest absolute Gasteiger partial charge is 0.493 e. The van der Waals surface area contributed by atoms with Crippen molar-refractivity contribution in [3.8, 4) is 11.5 Å². The van der Waals surface area contributed by atoms with Crippen molar-refractivity contribution < 1.29 is 23.0 Å². The van der Waals surface area contributed by atoms with Gasteiger partial charge in [0.25, 0.3) is 0 Å². The molecule has 1 aliphatic heterocycles. The van der Waals surface area contributed by atoms with Crippen LogP contribution in [0.15, 0.2) is 42.5 Å². The summed E-state index contributed by atoms with van der Waals surface area (Å²) in [7, 11) is 5.25. The molecule has 5 rings (SSSR count). The Bertz CT molecular complexity index is 1360. The van der Waals surface area contributed by atoms with Crippen LogP contribution in [0, 0.1) is 18.6 Å². The fourth-order valence-corrected chi connectivity index (χ4v) is 6.39.